The third-order valence-corrected chi connectivity index (χ3v) is 7.15. The molecule has 0 aliphatic carbocycles. The molecule has 198 valence electrons. The highest BCUT2D eigenvalue weighted by Crippen LogP contribution is 2.52. The summed E-state index contributed by atoms with van der Waals surface area (Å²) < 4.78 is 30.8. The molecule has 1 unspecified atom stereocenters. The van der Waals surface area contributed by atoms with Crippen LogP contribution in [0.3, 0.4) is 0 Å². The van der Waals surface area contributed by atoms with Crippen LogP contribution >= 0.6 is 7.82 Å². The zero-order valence-electron chi connectivity index (χ0n) is 21.7. The summed E-state index contributed by atoms with van der Waals surface area (Å²) in [6.07, 6.45) is 3.53. The second kappa shape index (κ2) is 15.8. The van der Waals surface area contributed by atoms with E-state index in [2.05, 4.69) is 20.8 Å². The fourth-order valence-electron chi connectivity index (χ4n) is 3.81. The first-order valence-electron chi connectivity index (χ1n) is 12.3. The van der Waals surface area contributed by atoms with Gasteiger partial charge in [0.1, 0.15) is 0 Å². The van der Waals surface area contributed by atoms with Crippen LogP contribution in [0, 0.1) is 11.8 Å². The van der Waals surface area contributed by atoms with E-state index in [9.17, 15) is 4.57 Å². The van der Waals surface area contributed by atoms with Crippen LogP contribution in [0.5, 0.6) is 5.75 Å². The van der Waals surface area contributed by atoms with Crippen molar-refractivity contribution in [3.63, 3.8) is 0 Å². The van der Waals surface area contributed by atoms with Crippen LogP contribution in [0.25, 0.3) is 0 Å². The molecule has 7 nitrogen and oxygen atoms in total. The van der Waals surface area contributed by atoms with Gasteiger partial charge in [0.25, 0.3) is 0 Å². The maximum atomic E-state index is 13.6. The number of benzene rings is 3. The quantitative estimate of drug-likeness (QED) is 0.185. The van der Waals surface area contributed by atoms with Crippen molar-refractivity contribution in [2.45, 2.75) is 53.2 Å². The fraction of sp³-hybridized carbons (Fsp3) is 0.345. The number of anilines is 1. The number of carbonyl (C=O) groups excluding carboxylic acids is 2. The van der Waals surface area contributed by atoms with Crippen LogP contribution in [-0.2, 0) is 42.8 Å². The molecular formula is C29H36NO6P. The SMILES string of the molecule is CCC(C)C[C@@H](C)Cc1ccc(OP(=O)(OCc2ccccc2)OCc2ccccc2)c(N)c1.O=C=O. The second-order valence-electron chi connectivity index (χ2n) is 9.07. The van der Waals surface area contributed by atoms with Gasteiger partial charge >= 0.3 is 14.0 Å². The summed E-state index contributed by atoms with van der Waals surface area (Å²) in [6.45, 7) is 6.95. The summed E-state index contributed by atoms with van der Waals surface area (Å²) in [5.41, 5.74) is 9.57. The summed E-state index contributed by atoms with van der Waals surface area (Å²) >= 11 is 0. The molecule has 3 aromatic rings. The average molecular weight is 526 g/mol. The van der Waals surface area contributed by atoms with Gasteiger partial charge in [0.2, 0.25) is 0 Å². The lowest BCUT2D eigenvalue weighted by Gasteiger charge is -2.20. The molecule has 0 aliphatic heterocycles. The third-order valence-electron chi connectivity index (χ3n) is 5.83. The molecule has 0 fully saturated rings. The van der Waals surface area contributed by atoms with Crippen LogP contribution in [-0.4, -0.2) is 6.15 Å². The Morgan fingerprint density at radius 2 is 1.32 bits per heavy atom. The van der Waals surface area contributed by atoms with E-state index in [0.29, 0.717) is 23.3 Å². The number of phosphoric acid groups is 1. The van der Waals surface area contributed by atoms with E-state index in [0.717, 1.165) is 23.1 Å². The minimum absolute atomic E-state index is 0.0953. The average Bonchev–Trinajstić information content (AvgIpc) is 2.90. The molecule has 0 amide bonds. The number of hydrogen-bond acceptors (Lipinski definition) is 7. The van der Waals surface area contributed by atoms with Crippen molar-refractivity contribution in [1.82, 2.24) is 0 Å². The summed E-state index contributed by atoms with van der Waals surface area (Å²) in [5, 5.41) is 0. The Morgan fingerprint density at radius 1 is 0.811 bits per heavy atom. The predicted octanol–water partition coefficient (Wildman–Crippen LogP) is 7.22. The van der Waals surface area contributed by atoms with Gasteiger partial charge in [0.15, 0.2) is 5.75 Å². The van der Waals surface area contributed by atoms with Crippen molar-refractivity contribution in [2.75, 3.05) is 5.73 Å². The van der Waals surface area contributed by atoms with Crippen molar-refractivity contribution >= 4 is 19.7 Å². The molecule has 2 atom stereocenters. The highest BCUT2D eigenvalue weighted by molar-refractivity contribution is 7.48. The zero-order valence-corrected chi connectivity index (χ0v) is 22.6. The van der Waals surface area contributed by atoms with Gasteiger partial charge in [-0.1, -0.05) is 93.9 Å². The lowest BCUT2D eigenvalue weighted by Crippen LogP contribution is -2.07. The minimum Gasteiger partial charge on any atom is -0.402 e. The monoisotopic (exact) mass is 525 g/mol. The second-order valence-corrected chi connectivity index (χ2v) is 10.7. The standard InChI is InChI=1S/C28H36NO4P.CO2/c1-4-22(2)17-23(3)18-26-15-16-28(27(29)19-26)33-34(30,31-20-24-11-7-5-8-12-24)32-21-25-13-9-6-10-14-25;2-1-3/h5-16,19,22-23H,4,17-18,20-21,29H2,1-3H3;/t22?,23-;/m1./s1. The molecule has 0 aromatic heterocycles. The Bertz CT molecular complexity index is 1100. The number of rotatable bonds is 13. The van der Waals surface area contributed by atoms with Crippen LogP contribution in [0.2, 0.25) is 0 Å². The molecule has 0 spiro atoms. The van der Waals surface area contributed by atoms with Crippen molar-refractivity contribution < 1.29 is 27.7 Å². The maximum absolute atomic E-state index is 13.6. The number of phosphoric ester groups is 1. The van der Waals surface area contributed by atoms with E-state index in [1.165, 1.54) is 12.8 Å². The molecule has 2 N–H and O–H groups in total. The first kappa shape index (κ1) is 30.0. The molecule has 0 radical (unpaired) electrons. The van der Waals surface area contributed by atoms with Gasteiger partial charge in [-0.15, -0.1) is 0 Å². The lowest BCUT2D eigenvalue weighted by atomic mass is 9.90. The Kier molecular flexibility index (Phi) is 12.8. The van der Waals surface area contributed by atoms with Gasteiger partial charge in [0, 0.05) is 0 Å². The van der Waals surface area contributed by atoms with Crippen molar-refractivity contribution in [3.8, 4) is 5.75 Å². The van der Waals surface area contributed by atoms with Gasteiger partial charge < -0.3 is 10.3 Å². The molecule has 0 saturated carbocycles. The highest BCUT2D eigenvalue weighted by Gasteiger charge is 2.30. The Labute approximate surface area is 219 Å². The van der Waals surface area contributed by atoms with Crippen molar-refractivity contribution in [1.29, 1.82) is 0 Å². The zero-order chi connectivity index (χ0) is 27.1. The Morgan fingerprint density at radius 3 is 1.78 bits per heavy atom. The van der Waals surface area contributed by atoms with E-state index in [-0.39, 0.29) is 19.4 Å². The minimum atomic E-state index is -3.94. The Balaban J connectivity index is 0.00000153. The van der Waals surface area contributed by atoms with Gasteiger partial charge in [-0.2, -0.15) is 9.59 Å². The van der Waals surface area contributed by atoms with E-state index in [1.54, 1.807) is 6.07 Å². The summed E-state index contributed by atoms with van der Waals surface area (Å²) in [5.74, 6) is 1.54. The molecule has 0 bridgehead atoms. The summed E-state index contributed by atoms with van der Waals surface area (Å²) in [6, 6.07) is 24.6. The number of nitrogen functional groups attached to an aromatic ring is 1. The van der Waals surface area contributed by atoms with Crippen LogP contribution in [0.15, 0.2) is 78.9 Å². The normalized spacial score (nSPS) is 12.5. The van der Waals surface area contributed by atoms with Crippen molar-refractivity contribution in [2.24, 2.45) is 11.8 Å². The summed E-state index contributed by atoms with van der Waals surface area (Å²) in [4.78, 5) is 16.2. The van der Waals surface area contributed by atoms with Crippen LogP contribution in [0.1, 0.15) is 50.3 Å². The van der Waals surface area contributed by atoms with E-state index < -0.39 is 7.82 Å². The number of nitrogens with two attached hydrogens (primary N) is 1. The highest BCUT2D eigenvalue weighted by atomic mass is 31.2. The maximum Gasteiger partial charge on any atom is 0.530 e. The third kappa shape index (κ3) is 11.2. The topological polar surface area (TPSA) is 105 Å². The first-order chi connectivity index (χ1) is 17.8. The van der Waals surface area contributed by atoms with Gasteiger partial charge in [-0.05, 0) is 53.5 Å². The van der Waals surface area contributed by atoms with Gasteiger partial charge in [0.05, 0.1) is 18.9 Å². The molecular weight excluding hydrogens is 489 g/mol. The molecule has 0 aliphatic rings. The molecule has 3 aromatic carbocycles. The largest absolute Gasteiger partial charge is 0.530 e. The molecule has 3 rings (SSSR count). The molecule has 37 heavy (non-hydrogen) atoms. The fourth-order valence-corrected chi connectivity index (χ4v) is 5.01. The van der Waals surface area contributed by atoms with Gasteiger partial charge in [-0.3, -0.25) is 9.05 Å². The molecule has 0 heterocycles. The molecule has 8 heteroatoms. The lowest BCUT2D eigenvalue weighted by molar-refractivity contribution is -0.191. The van der Waals surface area contributed by atoms with Crippen LogP contribution in [0.4, 0.5) is 5.69 Å². The van der Waals surface area contributed by atoms with E-state index >= 15 is 0 Å². The molecule has 0 saturated heterocycles. The Hall–Kier alpha value is -3.21. The van der Waals surface area contributed by atoms with E-state index in [1.807, 2.05) is 72.8 Å². The smallest absolute Gasteiger partial charge is 0.402 e. The van der Waals surface area contributed by atoms with E-state index in [4.69, 9.17) is 28.9 Å². The number of hydrogen-bond donors (Lipinski definition) is 1. The predicted molar refractivity (Wildman–Crippen MR) is 143 cm³/mol. The summed E-state index contributed by atoms with van der Waals surface area (Å²) in [7, 11) is -3.94. The first-order valence-corrected chi connectivity index (χ1v) is 13.8. The van der Waals surface area contributed by atoms with Gasteiger partial charge in [-0.25, -0.2) is 4.57 Å². The van der Waals surface area contributed by atoms with Crippen LogP contribution < -0.4 is 10.3 Å². The van der Waals surface area contributed by atoms with Crippen molar-refractivity contribution in [3.05, 3.63) is 95.6 Å².